The third-order valence-corrected chi connectivity index (χ3v) is 2.45. The van der Waals surface area contributed by atoms with E-state index in [2.05, 4.69) is 23.3 Å². The molecule has 0 amide bonds. The zero-order valence-corrected chi connectivity index (χ0v) is 10.4. The smallest absolute Gasteiger partial charge is 0.0715 e. The van der Waals surface area contributed by atoms with Gasteiger partial charge in [-0.2, -0.15) is 0 Å². The van der Waals surface area contributed by atoms with Crippen LogP contribution in [-0.4, -0.2) is 22.2 Å². The van der Waals surface area contributed by atoms with Gasteiger partial charge < -0.3 is 10.4 Å². The van der Waals surface area contributed by atoms with Crippen LogP contribution in [0.25, 0.3) is 0 Å². The zero-order chi connectivity index (χ0) is 12.0. The van der Waals surface area contributed by atoms with Crippen molar-refractivity contribution in [2.45, 2.75) is 45.3 Å². The molecule has 0 aliphatic carbocycles. The Hall–Kier alpha value is -0.930. The van der Waals surface area contributed by atoms with Crippen LogP contribution in [0.1, 0.15) is 45.2 Å². The minimum atomic E-state index is -0.672. The van der Waals surface area contributed by atoms with Gasteiger partial charge in [0.25, 0.3) is 0 Å². The summed E-state index contributed by atoms with van der Waals surface area (Å²) in [5.41, 5.74) is 0.516. The molecule has 0 bridgehead atoms. The number of aromatic nitrogens is 1. The number of pyridine rings is 1. The van der Waals surface area contributed by atoms with Gasteiger partial charge in [0.2, 0.25) is 0 Å². The molecule has 0 fully saturated rings. The van der Waals surface area contributed by atoms with E-state index >= 15 is 0 Å². The van der Waals surface area contributed by atoms with E-state index in [1.165, 1.54) is 5.56 Å². The van der Waals surface area contributed by atoms with Crippen molar-refractivity contribution in [1.29, 1.82) is 0 Å². The number of hydrogen-bond donors (Lipinski definition) is 2. The van der Waals surface area contributed by atoms with Crippen LogP contribution in [-0.2, 0) is 0 Å². The molecule has 0 aromatic carbocycles. The highest BCUT2D eigenvalue weighted by molar-refractivity contribution is 5.13. The summed E-state index contributed by atoms with van der Waals surface area (Å²) in [6.45, 7) is 6.38. The molecule has 1 heterocycles. The Morgan fingerprint density at radius 2 is 2.25 bits per heavy atom. The fraction of sp³-hybridized carbons (Fsp3) is 0.615. The fourth-order valence-electron chi connectivity index (χ4n) is 1.63. The summed E-state index contributed by atoms with van der Waals surface area (Å²) in [6, 6.07) is 4.30. The number of aliphatic hydroxyl groups is 1. The van der Waals surface area contributed by atoms with Gasteiger partial charge in [-0.1, -0.05) is 19.4 Å². The van der Waals surface area contributed by atoms with Crippen molar-refractivity contribution in [3.8, 4) is 0 Å². The van der Waals surface area contributed by atoms with Crippen LogP contribution in [0.4, 0.5) is 0 Å². The van der Waals surface area contributed by atoms with Gasteiger partial charge in [-0.05, 0) is 31.9 Å². The maximum Gasteiger partial charge on any atom is 0.0715 e. The molecule has 16 heavy (non-hydrogen) atoms. The van der Waals surface area contributed by atoms with Gasteiger partial charge in [0.1, 0.15) is 0 Å². The second kappa shape index (κ2) is 5.97. The van der Waals surface area contributed by atoms with E-state index in [1.54, 1.807) is 6.20 Å². The van der Waals surface area contributed by atoms with Crippen LogP contribution in [0.15, 0.2) is 24.5 Å². The van der Waals surface area contributed by atoms with Crippen molar-refractivity contribution in [3.05, 3.63) is 30.1 Å². The van der Waals surface area contributed by atoms with Crippen LogP contribution >= 0.6 is 0 Å². The van der Waals surface area contributed by atoms with Crippen LogP contribution in [0.5, 0.6) is 0 Å². The summed E-state index contributed by atoms with van der Waals surface area (Å²) in [5.74, 6) is 0. The first-order valence-electron chi connectivity index (χ1n) is 5.88. The minimum Gasteiger partial charge on any atom is -0.389 e. The summed E-state index contributed by atoms with van der Waals surface area (Å²) in [5, 5.41) is 13.1. The summed E-state index contributed by atoms with van der Waals surface area (Å²) in [7, 11) is 0. The third kappa shape index (κ3) is 4.73. The molecule has 0 aliphatic heterocycles. The lowest BCUT2D eigenvalue weighted by Gasteiger charge is -2.24. The van der Waals surface area contributed by atoms with E-state index < -0.39 is 5.60 Å². The Bertz CT molecular complexity index is 293. The normalized spacial score (nSPS) is 13.8. The number of hydrogen-bond acceptors (Lipinski definition) is 3. The van der Waals surface area contributed by atoms with Crippen molar-refractivity contribution in [1.82, 2.24) is 10.3 Å². The lowest BCUT2D eigenvalue weighted by Crippen LogP contribution is -2.36. The highest BCUT2D eigenvalue weighted by atomic mass is 16.3. The zero-order valence-electron chi connectivity index (χ0n) is 10.4. The molecule has 0 spiro atoms. The number of nitrogens with one attached hydrogen (secondary N) is 1. The topological polar surface area (TPSA) is 45.1 Å². The molecule has 0 radical (unpaired) electrons. The standard InChI is InChI=1S/C13H22N2O/c1-4-6-12(15-10-13(2,3)16)11-7-5-8-14-9-11/h5,7-9,12,15-16H,4,6,10H2,1-3H3. The Morgan fingerprint density at radius 1 is 1.50 bits per heavy atom. The molecule has 3 heteroatoms. The molecule has 1 aromatic heterocycles. The van der Waals surface area contributed by atoms with Crippen molar-refractivity contribution < 1.29 is 5.11 Å². The van der Waals surface area contributed by atoms with Gasteiger partial charge in [-0.15, -0.1) is 0 Å². The van der Waals surface area contributed by atoms with Crippen molar-refractivity contribution in [3.63, 3.8) is 0 Å². The van der Waals surface area contributed by atoms with Gasteiger partial charge >= 0.3 is 0 Å². The maximum atomic E-state index is 9.70. The second-order valence-electron chi connectivity index (χ2n) is 4.82. The molecule has 90 valence electrons. The first-order valence-corrected chi connectivity index (χ1v) is 5.88. The molecule has 1 unspecified atom stereocenters. The lowest BCUT2D eigenvalue weighted by molar-refractivity contribution is 0.0759. The molecule has 0 aliphatic rings. The average molecular weight is 222 g/mol. The molecule has 0 saturated heterocycles. The Labute approximate surface area is 97.9 Å². The molecular formula is C13H22N2O. The van der Waals surface area contributed by atoms with E-state index in [9.17, 15) is 5.11 Å². The summed E-state index contributed by atoms with van der Waals surface area (Å²) < 4.78 is 0. The largest absolute Gasteiger partial charge is 0.389 e. The lowest BCUT2D eigenvalue weighted by atomic mass is 10.0. The SMILES string of the molecule is CCCC(NCC(C)(C)O)c1cccnc1. The predicted octanol–water partition coefficient (Wildman–Crippen LogP) is 2.28. The maximum absolute atomic E-state index is 9.70. The average Bonchev–Trinajstić information content (AvgIpc) is 2.24. The molecule has 1 aromatic rings. The Balaban J connectivity index is 2.61. The summed E-state index contributed by atoms with van der Waals surface area (Å²) in [6.07, 6.45) is 5.83. The van der Waals surface area contributed by atoms with Gasteiger partial charge in [0.15, 0.2) is 0 Å². The highest BCUT2D eigenvalue weighted by Gasteiger charge is 2.16. The van der Waals surface area contributed by atoms with E-state index in [-0.39, 0.29) is 6.04 Å². The van der Waals surface area contributed by atoms with Crippen molar-refractivity contribution >= 4 is 0 Å². The molecule has 2 N–H and O–H groups in total. The first kappa shape index (κ1) is 13.1. The minimum absolute atomic E-state index is 0.283. The van der Waals surface area contributed by atoms with Gasteiger partial charge in [0, 0.05) is 25.0 Å². The Kier molecular flexibility index (Phi) is 4.90. The molecule has 1 atom stereocenters. The van der Waals surface area contributed by atoms with Gasteiger partial charge in [-0.3, -0.25) is 4.98 Å². The number of rotatable bonds is 6. The third-order valence-electron chi connectivity index (χ3n) is 2.45. The van der Waals surface area contributed by atoms with Crippen molar-refractivity contribution in [2.24, 2.45) is 0 Å². The summed E-state index contributed by atoms with van der Waals surface area (Å²) >= 11 is 0. The van der Waals surface area contributed by atoms with Gasteiger partial charge in [0.05, 0.1) is 5.60 Å². The summed E-state index contributed by atoms with van der Waals surface area (Å²) in [4.78, 5) is 4.13. The highest BCUT2D eigenvalue weighted by Crippen LogP contribution is 2.17. The molecule has 0 saturated carbocycles. The molecule has 3 nitrogen and oxygen atoms in total. The quantitative estimate of drug-likeness (QED) is 0.776. The van der Waals surface area contributed by atoms with Crippen LogP contribution in [0, 0.1) is 0 Å². The van der Waals surface area contributed by atoms with E-state index in [0.29, 0.717) is 6.54 Å². The first-order chi connectivity index (χ1) is 7.53. The van der Waals surface area contributed by atoms with Gasteiger partial charge in [-0.25, -0.2) is 0 Å². The fourth-order valence-corrected chi connectivity index (χ4v) is 1.63. The monoisotopic (exact) mass is 222 g/mol. The van der Waals surface area contributed by atoms with Crippen molar-refractivity contribution in [2.75, 3.05) is 6.54 Å². The Morgan fingerprint density at radius 3 is 2.75 bits per heavy atom. The van der Waals surface area contributed by atoms with E-state index in [0.717, 1.165) is 12.8 Å². The molecule has 1 rings (SSSR count). The second-order valence-corrected chi connectivity index (χ2v) is 4.82. The predicted molar refractivity (Wildman–Crippen MR) is 66.2 cm³/mol. The molecular weight excluding hydrogens is 200 g/mol. The van der Waals surface area contributed by atoms with E-state index in [4.69, 9.17) is 0 Å². The van der Waals surface area contributed by atoms with Crippen LogP contribution in [0.2, 0.25) is 0 Å². The number of nitrogens with zero attached hydrogens (tertiary/aromatic N) is 1. The van der Waals surface area contributed by atoms with Crippen LogP contribution < -0.4 is 5.32 Å². The van der Waals surface area contributed by atoms with Crippen LogP contribution in [0.3, 0.4) is 0 Å². The van der Waals surface area contributed by atoms with E-state index in [1.807, 2.05) is 26.1 Å².